The van der Waals surface area contributed by atoms with Crippen molar-refractivity contribution in [3.8, 4) is 0 Å². The first-order valence-corrected chi connectivity index (χ1v) is 19.7. The lowest BCUT2D eigenvalue weighted by atomic mass is 9.33. The number of nitrogens with zero attached hydrogens (tertiary/aromatic N) is 2. The van der Waals surface area contributed by atoms with Crippen LogP contribution in [0.15, 0.2) is 54.5 Å². The van der Waals surface area contributed by atoms with Crippen molar-refractivity contribution in [3.63, 3.8) is 0 Å². The second-order valence-electron chi connectivity index (χ2n) is 19.0. The summed E-state index contributed by atoms with van der Waals surface area (Å²) in [7, 11) is 0. The molecule has 4 fully saturated rings. The highest BCUT2D eigenvalue weighted by Crippen LogP contribution is 2.75. The summed E-state index contributed by atoms with van der Waals surface area (Å²) in [6.07, 6.45) is 15.8. The van der Waals surface area contributed by atoms with Crippen LogP contribution in [0.25, 0.3) is 0 Å². The zero-order valence-electron chi connectivity index (χ0n) is 32.8. The zero-order valence-corrected chi connectivity index (χ0v) is 32.8. The van der Waals surface area contributed by atoms with Gasteiger partial charge in [0.2, 0.25) is 0 Å². The van der Waals surface area contributed by atoms with E-state index in [0.717, 1.165) is 56.9 Å². The van der Waals surface area contributed by atoms with Gasteiger partial charge in [-0.3, -0.25) is 4.79 Å². The minimum Gasteiger partial charge on any atom is -0.481 e. The zero-order chi connectivity index (χ0) is 37.2. The summed E-state index contributed by atoms with van der Waals surface area (Å²) in [5, 5.41) is 21.4. The smallest absolute Gasteiger partial charge is 0.356 e. The van der Waals surface area contributed by atoms with Crippen molar-refractivity contribution in [2.75, 3.05) is 6.61 Å². The Kier molecular flexibility index (Phi) is 9.77. The van der Waals surface area contributed by atoms with Crippen LogP contribution in [0.5, 0.6) is 0 Å². The molecule has 280 valence electrons. The summed E-state index contributed by atoms with van der Waals surface area (Å²) >= 11 is 0. The number of aliphatic hydroxyl groups is 1. The fraction of sp³-hybridized carbons (Fsp3) is 0.705. The van der Waals surface area contributed by atoms with E-state index in [-0.39, 0.29) is 51.1 Å². The summed E-state index contributed by atoms with van der Waals surface area (Å²) in [4.78, 5) is 28.6. The van der Waals surface area contributed by atoms with Gasteiger partial charge >= 0.3 is 11.9 Å². The second-order valence-corrected chi connectivity index (χ2v) is 19.0. The van der Waals surface area contributed by atoms with Crippen molar-refractivity contribution < 1.29 is 24.5 Å². The molecule has 7 rings (SSSR count). The van der Waals surface area contributed by atoms with Gasteiger partial charge in [0.15, 0.2) is 0 Å². The van der Waals surface area contributed by atoms with E-state index < -0.39 is 11.4 Å². The number of fused-ring (bicyclic) bond motifs is 7. The van der Waals surface area contributed by atoms with E-state index in [9.17, 15) is 19.8 Å². The standard InChI is InChI=1S/C30H48O3.C14H16N2O2/c1-25(2)14-16-30(24(32)33)17-15-28(6)19(20(30)18-25)8-9-22-27(5)12-11-23(31)26(3,4)21(27)10-13-29(22,28)7;1-3-18-14(17)13-9-15-10-16(13)11(2)12-7-5-4-6-8-12/h8,20-23,31H,9-18H2,1-7H3,(H,32,33);4-11H,3H2,1-2H3/t20-,21-,22+,23-,27-,28+,29+,30-;/m0./s1. The van der Waals surface area contributed by atoms with E-state index in [1.807, 2.05) is 41.8 Å². The van der Waals surface area contributed by atoms with Crippen LogP contribution in [0.3, 0.4) is 0 Å². The number of carboxylic acids is 1. The minimum atomic E-state index is -0.553. The quantitative estimate of drug-likeness (QED) is 0.238. The van der Waals surface area contributed by atoms with Gasteiger partial charge in [-0.1, -0.05) is 90.4 Å². The number of esters is 1. The first-order chi connectivity index (χ1) is 23.9. The molecular weight excluding hydrogens is 636 g/mol. The number of allylic oxidation sites excluding steroid dienone is 2. The molecule has 0 saturated heterocycles. The van der Waals surface area contributed by atoms with Gasteiger partial charge in [-0.25, -0.2) is 9.78 Å². The van der Waals surface area contributed by atoms with Crippen molar-refractivity contribution in [2.24, 2.45) is 50.2 Å². The average Bonchev–Trinajstić information content (AvgIpc) is 3.57. The maximum Gasteiger partial charge on any atom is 0.356 e. The second kappa shape index (κ2) is 13.2. The molecule has 1 aromatic heterocycles. The van der Waals surface area contributed by atoms with E-state index in [2.05, 4.69) is 59.5 Å². The molecule has 0 spiro atoms. The van der Waals surface area contributed by atoms with Crippen LogP contribution >= 0.6 is 0 Å². The number of aliphatic carboxylic acids is 1. The molecule has 51 heavy (non-hydrogen) atoms. The number of hydrogen-bond acceptors (Lipinski definition) is 5. The normalized spacial score (nSPS) is 38.2. The van der Waals surface area contributed by atoms with E-state index in [1.165, 1.54) is 24.6 Å². The van der Waals surface area contributed by atoms with Crippen molar-refractivity contribution >= 4 is 11.9 Å². The van der Waals surface area contributed by atoms with Gasteiger partial charge in [0.1, 0.15) is 5.69 Å². The van der Waals surface area contributed by atoms with Gasteiger partial charge < -0.3 is 19.5 Å². The van der Waals surface area contributed by atoms with Crippen molar-refractivity contribution in [1.82, 2.24) is 9.55 Å². The predicted octanol–water partition coefficient (Wildman–Crippen LogP) is 9.90. The lowest BCUT2D eigenvalue weighted by Gasteiger charge is -2.71. The monoisotopic (exact) mass is 700 g/mol. The van der Waals surface area contributed by atoms with Crippen molar-refractivity contribution in [1.29, 1.82) is 0 Å². The highest BCUT2D eigenvalue weighted by atomic mass is 16.5. The minimum absolute atomic E-state index is 0.0301. The summed E-state index contributed by atoms with van der Waals surface area (Å²) in [6.45, 7) is 21.1. The molecule has 1 heterocycles. The highest BCUT2D eigenvalue weighted by molar-refractivity contribution is 5.87. The van der Waals surface area contributed by atoms with Crippen LogP contribution in [-0.2, 0) is 9.53 Å². The maximum atomic E-state index is 12.8. The van der Waals surface area contributed by atoms with Gasteiger partial charge in [0.25, 0.3) is 0 Å². The Bertz CT molecular complexity index is 1640. The van der Waals surface area contributed by atoms with Gasteiger partial charge in [0, 0.05) is 0 Å². The van der Waals surface area contributed by atoms with E-state index in [0.29, 0.717) is 24.1 Å². The summed E-state index contributed by atoms with van der Waals surface area (Å²) in [6, 6.07) is 10.0. The third-order valence-electron chi connectivity index (χ3n) is 15.9. The molecular formula is C44H64N2O5. The number of carbonyl (C=O) groups is 2. The molecule has 0 bridgehead atoms. The molecule has 2 aromatic rings. The maximum absolute atomic E-state index is 12.8. The number of carbonyl (C=O) groups excluding carboxylic acids is 1. The predicted molar refractivity (Wildman–Crippen MR) is 201 cm³/mol. The third kappa shape index (κ3) is 5.92. The van der Waals surface area contributed by atoms with Crippen LogP contribution in [0, 0.1) is 50.2 Å². The first-order valence-electron chi connectivity index (χ1n) is 19.7. The Hall–Kier alpha value is -2.93. The molecule has 0 amide bonds. The number of imidazole rings is 1. The summed E-state index contributed by atoms with van der Waals surface area (Å²) in [5.41, 5.74) is 3.28. The van der Waals surface area contributed by atoms with Gasteiger partial charge in [-0.2, -0.15) is 0 Å². The van der Waals surface area contributed by atoms with E-state index in [1.54, 1.807) is 13.3 Å². The molecule has 7 nitrogen and oxygen atoms in total. The lowest BCUT2D eigenvalue weighted by molar-refractivity contribution is -0.205. The Labute approximate surface area is 306 Å². The molecule has 0 radical (unpaired) electrons. The van der Waals surface area contributed by atoms with Crippen LogP contribution in [0.1, 0.15) is 149 Å². The Balaban J connectivity index is 0.000000211. The lowest BCUT2D eigenvalue weighted by Crippen LogP contribution is -2.65. The number of hydrogen-bond donors (Lipinski definition) is 2. The molecule has 1 aromatic carbocycles. The van der Waals surface area contributed by atoms with E-state index in [4.69, 9.17) is 4.74 Å². The van der Waals surface area contributed by atoms with Crippen molar-refractivity contribution in [2.45, 2.75) is 139 Å². The summed E-state index contributed by atoms with van der Waals surface area (Å²) < 4.78 is 6.84. The first kappa shape index (κ1) is 37.8. The summed E-state index contributed by atoms with van der Waals surface area (Å²) in [5.74, 6) is 0.471. The van der Waals surface area contributed by atoms with Crippen LogP contribution in [-0.4, -0.2) is 44.4 Å². The number of benzene rings is 1. The Morgan fingerprint density at radius 2 is 1.63 bits per heavy atom. The molecule has 0 aliphatic heterocycles. The highest BCUT2D eigenvalue weighted by Gasteiger charge is 2.69. The molecule has 5 aliphatic rings. The Morgan fingerprint density at radius 3 is 2.29 bits per heavy atom. The SMILES string of the molecule is CC1(C)CC[C@]2(C(=O)O)CC[C@]3(C)C(=CC[C@@H]4[C@@]5(C)CC[C@H](O)C(C)(C)[C@@H]5CC[C@]43C)[C@@H]2C1.CCOC(=O)c1cncn1C(C)c1ccccc1. The largest absolute Gasteiger partial charge is 0.481 e. The number of aliphatic hydroxyl groups excluding tert-OH is 1. The topological polar surface area (TPSA) is 102 Å². The molecule has 7 heteroatoms. The van der Waals surface area contributed by atoms with Crippen LogP contribution < -0.4 is 0 Å². The number of ether oxygens (including phenoxy) is 1. The number of carboxylic acid groups (broad SMARTS) is 1. The molecule has 2 N–H and O–H groups in total. The fourth-order valence-electron chi connectivity index (χ4n) is 12.5. The van der Waals surface area contributed by atoms with E-state index >= 15 is 0 Å². The average molecular weight is 701 g/mol. The number of aromatic nitrogens is 2. The Morgan fingerprint density at radius 1 is 0.941 bits per heavy atom. The third-order valence-corrected chi connectivity index (χ3v) is 15.9. The molecule has 9 atom stereocenters. The molecule has 5 aliphatic carbocycles. The number of rotatable bonds is 5. The van der Waals surface area contributed by atoms with Gasteiger partial charge in [0.05, 0.1) is 36.7 Å². The fourth-order valence-corrected chi connectivity index (χ4v) is 12.5. The van der Waals surface area contributed by atoms with Crippen LogP contribution in [0.4, 0.5) is 0 Å². The van der Waals surface area contributed by atoms with Gasteiger partial charge in [-0.05, 0) is 128 Å². The van der Waals surface area contributed by atoms with Crippen molar-refractivity contribution in [3.05, 3.63) is 65.8 Å². The van der Waals surface area contributed by atoms with Crippen LogP contribution in [0.2, 0.25) is 0 Å². The molecule has 1 unspecified atom stereocenters. The molecule has 4 saturated carbocycles. The van der Waals surface area contributed by atoms with Gasteiger partial charge in [-0.15, -0.1) is 0 Å².